The molecule has 18 heavy (non-hydrogen) atoms. The summed E-state index contributed by atoms with van der Waals surface area (Å²) in [4.78, 5) is 4.36. The molecule has 1 aliphatic heterocycles. The molecule has 1 aromatic rings. The average Bonchev–Trinajstić information content (AvgIpc) is 2.90. The number of piperidine rings is 1. The minimum atomic E-state index is -0.0791. The molecule has 0 amide bonds. The first-order chi connectivity index (χ1) is 8.84. The van der Waals surface area contributed by atoms with Gasteiger partial charge in [-0.25, -0.2) is 4.98 Å². The Balaban J connectivity index is 1.74. The van der Waals surface area contributed by atoms with Gasteiger partial charge in [-0.1, -0.05) is 0 Å². The van der Waals surface area contributed by atoms with Crippen molar-refractivity contribution in [2.45, 2.75) is 56.6 Å². The van der Waals surface area contributed by atoms with Gasteiger partial charge in [-0.3, -0.25) is 0 Å². The van der Waals surface area contributed by atoms with Gasteiger partial charge in [0, 0.05) is 30.4 Å². The SMILES string of the molecule is OC1CCC(n2cncc2C2CCCNC2)CC1. The Morgan fingerprint density at radius 2 is 2.06 bits per heavy atom. The predicted octanol–water partition coefficient (Wildman–Crippen LogP) is 1.83. The van der Waals surface area contributed by atoms with E-state index in [4.69, 9.17) is 0 Å². The first kappa shape index (κ1) is 12.2. The largest absolute Gasteiger partial charge is 0.393 e. The number of aliphatic hydroxyl groups is 1. The second-order valence-corrected chi connectivity index (χ2v) is 5.73. The van der Waals surface area contributed by atoms with Gasteiger partial charge in [-0.15, -0.1) is 0 Å². The van der Waals surface area contributed by atoms with Crippen LogP contribution in [0.2, 0.25) is 0 Å². The van der Waals surface area contributed by atoms with Crippen LogP contribution >= 0.6 is 0 Å². The van der Waals surface area contributed by atoms with Crippen molar-refractivity contribution in [3.05, 3.63) is 18.2 Å². The molecule has 3 rings (SSSR count). The number of nitrogens with one attached hydrogen (secondary N) is 1. The van der Waals surface area contributed by atoms with Gasteiger partial charge in [0.2, 0.25) is 0 Å². The van der Waals surface area contributed by atoms with Crippen LogP contribution in [-0.2, 0) is 0 Å². The molecule has 100 valence electrons. The van der Waals surface area contributed by atoms with Gasteiger partial charge in [0.05, 0.1) is 12.4 Å². The summed E-state index contributed by atoms with van der Waals surface area (Å²) in [5.41, 5.74) is 1.39. The van der Waals surface area contributed by atoms with E-state index in [9.17, 15) is 5.11 Å². The second kappa shape index (κ2) is 5.41. The van der Waals surface area contributed by atoms with Crippen molar-refractivity contribution >= 4 is 0 Å². The summed E-state index contributed by atoms with van der Waals surface area (Å²) < 4.78 is 2.38. The first-order valence-electron chi connectivity index (χ1n) is 7.25. The Bertz CT molecular complexity index is 376. The maximum absolute atomic E-state index is 9.61. The maximum Gasteiger partial charge on any atom is 0.0950 e. The van der Waals surface area contributed by atoms with Gasteiger partial charge in [0.15, 0.2) is 0 Å². The van der Waals surface area contributed by atoms with Crippen LogP contribution < -0.4 is 5.32 Å². The lowest BCUT2D eigenvalue weighted by atomic mass is 9.91. The zero-order valence-corrected chi connectivity index (χ0v) is 10.9. The number of hydrogen-bond donors (Lipinski definition) is 2. The molecule has 2 aliphatic rings. The molecular weight excluding hydrogens is 226 g/mol. The minimum Gasteiger partial charge on any atom is -0.393 e. The fraction of sp³-hybridized carbons (Fsp3) is 0.786. The molecule has 2 heterocycles. The molecule has 0 aromatic carbocycles. The van der Waals surface area contributed by atoms with Gasteiger partial charge in [0.1, 0.15) is 0 Å². The summed E-state index contributed by atoms with van der Waals surface area (Å²) in [6.07, 6.45) is 10.5. The zero-order chi connectivity index (χ0) is 12.4. The zero-order valence-electron chi connectivity index (χ0n) is 10.9. The van der Waals surface area contributed by atoms with Gasteiger partial charge < -0.3 is 15.0 Å². The minimum absolute atomic E-state index is 0.0791. The molecule has 1 aromatic heterocycles. The molecule has 2 N–H and O–H groups in total. The highest BCUT2D eigenvalue weighted by atomic mass is 16.3. The highest BCUT2D eigenvalue weighted by Gasteiger charge is 2.25. The molecule has 4 nitrogen and oxygen atoms in total. The lowest BCUT2D eigenvalue weighted by Gasteiger charge is -2.30. The van der Waals surface area contributed by atoms with E-state index in [0.29, 0.717) is 12.0 Å². The molecule has 0 bridgehead atoms. The molecular formula is C14H23N3O. The Kier molecular flexibility index (Phi) is 3.66. The fourth-order valence-corrected chi connectivity index (χ4v) is 3.38. The van der Waals surface area contributed by atoms with Crippen molar-refractivity contribution in [3.8, 4) is 0 Å². The van der Waals surface area contributed by atoms with Crippen LogP contribution in [0, 0.1) is 0 Å². The third-order valence-electron chi connectivity index (χ3n) is 4.47. The Morgan fingerprint density at radius 1 is 1.22 bits per heavy atom. The number of imidazole rings is 1. The normalized spacial score (nSPS) is 33.5. The van der Waals surface area contributed by atoms with E-state index in [2.05, 4.69) is 14.9 Å². The Hall–Kier alpha value is -0.870. The van der Waals surface area contributed by atoms with Gasteiger partial charge >= 0.3 is 0 Å². The van der Waals surface area contributed by atoms with E-state index in [0.717, 1.165) is 38.8 Å². The highest BCUT2D eigenvalue weighted by Crippen LogP contribution is 2.32. The van der Waals surface area contributed by atoms with E-state index in [1.54, 1.807) is 0 Å². The summed E-state index contributed by atoms with van der Waals surface area (Å²) in [6, 6.07) is 0.549. The monoisotopic (exact) mass is 249 g/mol. The Morgan fingerprint density at radius 3 is 2.78 bits per heavy atom. The van der Waals surface area contributed by atoms with E-state index in [1.165, 1.54) is 18.5 Å². The first-order valence-corrected chi connectivity index (χ1v) is 7.25. The third kappa shape index (κ3) is 2.45. The molecule has 1 saturated heterocycles. The molecule has 1 saturated carbocycles. The predicted molar refractivity (Wildman–Crippen MR) is 70.6 cm³/mol. The lowest BCUT2D eigenvalue weighted by molar-refractivity contribution is 0.109. The fourth-order valence-electron chi connectivity index (χ4n) is 3.38. The van der Waals surface area contributed by atoms with Crippen LogP contribution in [0.3, 0.4) is 0 Å². The molecule has 0 radical (unpaired) electrons. The van der Waals surface area contributed by atoms with Gasteiger partial charge in [0.25, 0.3) is 0 Å². The molecule has 2 fully saturated rings. The smallest absolute Gasteiger partial charge is 0.0950 e. The number of nitrogens with zero attached hydrogens (tertiary/aromatic N) is 2. The maximum atomic E-state index is 9.61. The summed E-state index contributed by atoms with van der Waals surface area (Å²) in [5.74, 6) is 0.619. The van der Waals surface area contributed by atoms with Crippen molar-refractivity contribution in [3.63, 3.8) is 0 Å². The molecule has 1 aliphatic carbocycles. The third-order valence-corrected chi connectivity index (χ3v) is 4.47. The number of aliphatic hydroxyl groups excluding tert-OH is 1. The Labute approximate surface area is 108 Å². The lowest BCUT2D eigenvalue weighted by Crippen LogP contribution is -2.30. The molecule has 1 unspecified atom stereocenters. The van der Waals surface area contributed by atoms with Crippen molar-refractivity contribution in [2.24, 2.45) is 0 Å². The molecule has 4 heteroatoms. The quantitative estimate of drug-likeness (QED) is 0.840. The van der Waals surface area contributed by atoms with Crippen LogP contribution in [-0.4, -0.2) is 33.9 Å². The van der Waals surface area contributed by atoms with Crippen molar-refractivity contribution in [1.82, 2.24) is 14.9 Å². The molecule has 0 spiro atoms. The number of hydrogen-bond acceptors (Lipinski definition) is 3. The summed E-state index contributed by atoms with van der Waals surface area (Å²) in [7, 11) is 0. The van der Waals surface area contributed by atoms with Crippen molar-refractivity contribution in [2.75, 3.05) is 13.1 Å². The summed E-state index contributed by atoms with van der Waals surface area (Å²) in [5, 5.41) is 13.1. The number of aromatic nitrogens is 2. The van der Waals surface area contributed by atoms with E-state index >= 15 is 0 Å². The van der Waals surface area contributed by atoms with E-state index in [-0.39, 0.29) is 6.10 Å². The van der Waals surface area contributed by atoms with E-state index in [1.807, 2.05) is 12.5 Å². The van der Waals surface area contributed by atoms with Crippen LogP contribution in [0.15, 0.2) is 12.5 Å². The van der Waals surface area contributed by atoms with Crippen LogP contribution in [0.4, 0.5) is 0 Å². The number of rotatable bonds is 2. The average molecular weight is 249 g/mol. The van der Waals surface area contributed by atoms with Gasteiger partial charge in [-0.2, -0.15) is 0 Å². The van der Waals surface area contributed by atoms with Gasteiger partial charge in [-0.05, 0) is 45.1 Å². The van der Waals surface area contributed by atoms with Crippen LogP contribution in [0.5, 0.6) is 0 Å². The summed E-state index contributed by atoms with van der Waals surface area (Å²) >= 11 is 0. The van der Waals surface area contributed by atoms with Crippen molar-refractivity contribution in [1.29, 1.82) is 0 Å². The van der Waals surface area contributed by atoms with Crippen LogP contribution in [0.1, 0.15) is 56.2 Å². The highest BCUT2D eigenvalue weighted by molar-refractivity contribution is 5.10. The molecule has 1 atom stereocenters. The topological polar surface area (TPSA) is 50.1 Å². The summed E-state index contributed by atoms with van der Waals surface area (Å²) in [6.45, 7) is 2.24. The van der Waals surface area contributed by atoms with Crippen LogP contribution in [0.25, 0.3) is 0 Å². The van der Waals surface area contributed by atoms with Crippen molar-refractivity contribution < 1.29 is 5.11 Å². The van der Waals surface area contributed by atoms with E-state index < -0.39 is 0 Å². The second-order valence-electron chi connectivity index (χ2n) is 5.73. The standard InChI is InChI=1S/C14H23N3O/c18-13-5-3-12(4-6-13)17-10-16-9-14(17)11-2-1-7-15-8-11/h9-13,15,18H,1-8H2.